The minimum atomic E-state index is -4.51. The van der Waals surface area contributed by atoms with Crippen LogP contribution < -0.4 is 15.4 Å². The molecule has 5 rings (SSSR count). The Balaban J connectivity index is 1.47. The van der Waals surface area contributed by atoms with E-state index >= 15 is 0 Å². The van der Waals surface area contributed by atoms with E-state index in [0.29, 0.717) is 17.6 Å². The number of aromatic nitrogens is 3. The van der Waals surface area contributed by atoms with E-state index in [1.165, 1.54) is 18.5 Å². The maximum atomic E-state index is 14.0. The molecule has 1 unspecified atom stereocenters. The average molecular weight is 545 g/mol. The first-order chi connectivity index (χ1) is 18.2. The number of benzene rings is 1. The minimum Gasteiger partial charge on any atom is -0.450 e. The van der Waals surface area contributed by atoms with Crippen molar-refractivity contribution in [2.75, 3.05) is 18.9 Å². The number of anilines is 2. The van der Waals surface area contributed by atoms with Gasteiger partial charge in [0.2, 0.25) is 5.95 Å². The largest absolute Gasteiger partial charge is 0.450 e. The molecule has 2 aliphatic heterocycles. The Morgan fingerprint density at radius 2 is 2.13 bits per heavy atom. The quantitative estimate of drug-likeness (QED) is 0.278. The summed E-state index contributed by atoms with van der Waals surface area (Å²) in [7, 11) is 3.51. The highest BCUT2D eigenvalue weighted by molar-refractivity contribution is 6.36. The molecule has 9 nitrogen and oxygen atoms in total. The van der Waals surface area contributed by atoms with Crippen molar-refractivity contribution < 1.29 is 17.9 Å². The summed E-state index contributed by atoms with van der Waals surface area (Å²) in [6, 6.07) is 3.99. The highest BCUT2D eigenvalue weighted by atomic mass is 35.5. The Morgan fingerprint density at radius 1 is 1.32 bits per heavy atom. The number of alkyl halides is 3. The maximum Gasteiger partial charge on any atom is 0.416 e. The summed E-state index contributed by atoms with van der Waals surface area (Å²) in [5, 5.41) is 13.8. The first-order valence-corrected chi connectivity index (χ1v) is 12.1. The van der Waals surface area contributed by atoms with Crippen LogP contribution in [0.3, 0.4) is 0 Å². The number of halogens is 4. The van der Waals surface area contributed by atoms with Crippen LogP contribution in [-0.4, -0.2) is 45.5 Å². The van der Waals surface area contributed by atoms with E-state index in [-0.39, 0.29) is 45.4 Å². The number of rotatable bonds is 6. The minimum absolute atomic E-state index is 0.161. The summed E-state index contributed by atoms with van der Waals surface area (Å²) in [6.07, 6.45) is 4.05. The maximum absolute atomic E-state index is 14.0. The topological polar surface area (TPSA) is 103 Å². The number of pyridine rings is 1. The van der Waals surface area contributed by atoms with Crippen LogP contribution in [0.1, 0.15) is 30.0 Å². The van der Waals surface area contributed by atoms with E-state index in [4.69, 9.17) is 21.7 Å². The number of likely N-dealkylation sites (tertiary alicyclic amines) is 1. The number of imidazole rings is 1. The Kier molecular flexibility index (Phi) is 6.84. The van der Waals surface area contributed by atoms with Gasteiger partial charge in [-0.15, -0.1) is 0 Å². The van der Waals surface area contributed by atoms with Crippen LogP contribution in [0.25, 0.3) is 11.2 Å². The Labute approximate surface area is 221 Å². The van der Waals surface area contributed by atoms with Gasteiger partial charge < -0.3 is 25.3 Å². The zero-order valence-corrected chi connectivity index (χ0v) is 21.2. The lowest BCUT2D eigenvalue weighted by molar-refractivity contribution is -0.138. The molecule has 198 valence electrons. The highest BCUT2D eigenvalue weighted by Gasteiger charge is 2.37. The zero-order chi connectivity index (χ0) is 27.0. The molecule has 0 amide bonds. The second kappa shape index (κ2) is 10.1. The number of fused-ring (bicyclic) bond motifs is 1. The summed E-state index contributed by atoms with van der Waals surface area (Å²) in [5.74, 6) is 0.588. The number of nitrogens with zero attached hydrogens (tertiary/aromatic N) is 5. The fourth-order valence-corrected chi connectivity index (χ4v) is 4.94. The van der Waals surface area contributed by atoms with Crippen molar-refractivity contribution in [3.8, 4) is 5.75 Å². The average Bonchev–Trinajstić information content (AvgIpc) is 3.46. The molecule has 0 aliphatic carbocycles. The van der Waals surface area contributed by atoms with Crippen molar-refractivity contribution in [1.82, 2.24) is 24.8 Å². The summed E-state index contributed by atoms with van der Waals surface area (Å²) >= 11 is 6.62. The highest BCUT2D eigenvalue weighted by Crippen LogP contribution is 2.41. The van der Waals surface area contributed by atoms with Gasteiger partial charge in [0.05, 0.1) is 24.2 Å². The fraction of sp³-hybridized carbons (Fsp3) is 0.280. The van der Waals surface area contributed by atoms with Gasteiger partial charge >= 0.3 is 6.18 Å². The second-order valence-corrected chi connectivity index (χ2v) is 9.31. The molecule has 0 saturated carbocycles. The predicted molar refractivity (Wildman–Crippen MR) is 140 cm³/mol. The van der Waals surface area contributed by atoms with Crippen molar-refractivity contribution in [3.05, 3.63) is 64.4 Å². The molecule has 3 aromatic rings. The molecule has 1 fully saturated rings. The third-order valence-corrected chi connectivity index (χ3v) is 6.88. The molecule has 2 aromatic heterocycles. The Hall–Kier alpha value is -3.90. The van der Waals surface area contributed by atoms with E-state index in [0.717, 1.165) is 25.2 Å². The molecule has 1 saturated heterocycles. The number of ether oxygens (including phenoxy) is 1. The summed E-state index contributed by atoms with van der Waals surface area (Å²) in [5.41, 5.74) is 0.971. The normalized spacial score (nSPS) is 19.1. The SMILES string of the molecule is CN1CCCC1c1ccc(Nc2nc3ncc(O/C(C=N)=C4\C=NC=CN4)c(Cl)c3n2C)cc1C(F)(F)F. The van der Waals surface area contributed by atoms with Crippen molar-refractivity contribution in [2.45, 2.75) is 25.1 Å². The molecule has 38 heavy (non-hydrogen) atoms. The van der Waals surface area contributed by atoms with E-state index in [1.807, 2.05) is 11.9 Å². The zero-order valence-electron chi connectivity index (χ0n) is 20.5. The smallest absolute Gasteiger partial charge is 0.416 e. The number of allylic oxidation sites excluding steroid dienone is 2. The molecular weight excluding hydrogens is 521 g/mol. The third-order valence-electron chi connectivity index (χ3n) is 6.52. The lowest BCUT2D eigenvalue weighted by Gasteiger charge is -2.24. The number of aliphatic imine (C=N–C) groups is 1. The number of aryl methyl sites for hydroxylation is 1. The van der Waals surface area contributed by atoms with Gasteiger partial charge in [0.1, 0.15) is 16.2 Å². The van der Waals surface area contributed by atoms with Gasteiger partial charge in [0, 0.05) is 31.2 Å². The second-order valence-electron chi connectivity index (χ2n) is 8.93. The third kappa shape index (κ3) is 4.84. The molecule has 0 radical (unpaired) electrons. The van der Waals surface area contributed by atoms with Gasteiger partial charge in [0.15, 0.2) is 17.2 Å². The summed E-state index contributed by atoms with van der Waals surface area (Å²) in [4.78, 5) is 14.7. The fourth-order valence-electron chi connectivity index (χ4n) is 4.64. The number of nitrogens with one attached hydrogen (secondary N) is 3. The molecular formula is C25H24ClF3N8O. The van der Waals surface area contributed by atoms with Gasteiger partial charge in [-0.2, -0.15) is 18.2 Å². The predicted octanol–water partition coefficient (Wildman–Crippen LogP) is 5.54. The first kappa shape index (κ1) is 25.7. The van der Waals surface area contributed by atoms with E-state index < -0.39 is 11.7 Å². The molecule has 13 heteroatoms. The Morgan fingerprint density at radius 3 is 2.79 bits per heavy atom. The van der Waals surface area contributed by atoms with Crippen LogP contribution in [0, 0.1) is 5.41 Å². The molecule has 2 aliphatic rings. The molecule has 4 heterocycles. The van der Waals surface area contributed by atoms with Crippen molar-refractivity contribution in [2.24, 2.45) is 12.0 Å². The van der Waals surface area contributed by atoms with Crippen LogP contribution >= 0.6 is 11.6 Å². The van der Waals surface area contributed by atoms with E-state index in [9.17, 15) is 13.2 Å². The van der Waals surface area contributed by atoms with Crippen LogP contribution in [-0.2, 0) is 13.2 Å². The van der Waals surface area contributed by atoms with Gasteiger partial charge in [-0.3, -0.25) is 9.89 Å². The van der Waals surface area contributed by atoms with Crippen molar-refractivity contribution in [1.29, 1.82) is 5.41 Å². The Bertz CT molecular complexity index is 1490. The van der Waals surface area contributed by atoms with Crippen LogP contribution in [0.5, 0.6) is 5.75 Å². The monoisotopic (exact) mass is 544 g/mol. The van der Waals surface area contributed by atoms with Crippen molar-refractivity contribution in [3.63, 3.8) is 0 Å². The van der Waals surface area contributed by atoms with Gasteiger partial charge in [0.25, 0.3) is 0 Å². The van der Waals surface area contributed by atoms with Crippen LogP contribution in [0.4, 0.5) is 24.8 Å². The molecule has 0 bridgehead atoms. The first-order valence-electron chi connectivity index (χ1n) is 11.7. The van der Waals surface area contributed by atoms with E-state index in [1.54, 1.807) is 30.1 Å². The number of hydrogen-bond donors (Lipinski definition) is 3. The molecule has 0 spiro atoms. The molecule has 1 atom stereocenters. The van der Waals surface area contributed by atoms with Crippen LogP contribution in [0.15, 0.2) is 53.2 Å². The number of hydrogen-bond acceptors (Lipinski definition) is 8. The van der Waals surface area contributed by atoms with Gasteiger partial charge in [-0.25, -0.2) is 4.98 Å². The van der Waals surface area contributed by atoms with E-state index in [2.05, 4.69) is 25.6 Å². The summed E-state index contributed by atoms with van der Waals surface area (Å²) < 4.78 is 49.4. The standard InChI is InChI=1S/C25H24ClF3N8O/c1-36-9-3-4-18(36)15-6-5-14(10-16(15)25(27,28)29)34-24-35-23-22(37(24)2)21(26)20(13-33-23)38-19(11-30)17-12-31-7-8-32-17/h5-8,10-13,18,30,32H,3-4,9H2,1-2H3,(H,33,34,35)/b19-17+,30-11?. The lowest BCUT2D eigenvalue weighted by Crippen LogP contribution is -2.21. The molecule has 1 aromatic carbocycles. The van der Waals surface area contributed by atoms with Gasteiger partial charge in [-0.1, -0.05) is 17.7 Å². The van der Waals surface area contributed by atoms with Crippen molar-refractivity contribution >= 4 is 46.8 Å². The van der Waals surface area contributed by atoms with Crippen LogP contribution in [0.2, 0.25) is 5.02 Å². The van der Waals surface area contributed by atoms with Gasteiger partial charge in [-0.05, 0) is 44.1 Å². The summed E-state index contributed by atoms with van der Waals surface area (Å²) in [6.45, 7) is 0.765. The molecule has 3 N–H and O–H groups in total. The lowest BCUT2D eigenvalue weighted by atomic mass is 9.97.